The summed E-state index contributed by atoms with van der Waals surface area (Å²) < 4.78 is 10.3. The third-order valence-electron chi connectivity index (χ3n) is 2.96. The van der Waals surface area contributed by atoms with Gasteiger partial charge in [0.15, 0.2) is 0 Å². The van der Waals surface area contributed by atoms with Crippen LogP contribution in [-0.2, 0) is 11.3 Å². The monoisotopic (exact) mass is 368 g/mol. The highest BCUT2D eigenvalue weighted by Gasteiger charge is 2.15. The molecule has 0 fully saturated rings. The number of alkyl halides is 2. The van der Waals surface area contributed by atoms with Crippen molar-refractivity contribution in [2.24, 2.45) is 0 Å². The minimum absolute atomic E-state index is 0. The molecule has 1 rings (SSSR count). The molecule has 0 unspecified atom stereocenters. The largest absolute Gasteiger partial charge is 1.00 e. The van der Waals surface area contributed by atoms with Gasteiger partial charge in [0.1, 0.15) is 11.3 Å². The van der Waals surface area contributed by atoms with Crippen molar-refractivity contribution in [2.45, 2.75) is 13.5 Å². The van der Waals surface area contributed by atoms with E-state index in [-0.39, 0.29) is 12.4 Å². The van der Waals surface area contributed by atoms with Crippen LogP contribution in [0.25, 0.3) is 0 Å². The van der Waals surface area contributed by atoms with E-state index in [1.165, 1.54) is 7.11 Å². The van der Waals surface area contributed by atoms with Gasteiger partial charge in [-0.15, -0.1) is 23.2 Å². The fourth-order valence-corrected chi connectivity index (χ4v) is 2.47. The van der Waals surface area contributed by atoms with E-state index in [4.69, 9.17) is 32.7 Å². The van der Waals surface area contributed by atoms with Crippen molar-refractivity contribution in [2.75, 3.05) is 38.6 Å². The zero-order chi connectivity index (χ0) is 15.7. The second-order valence-electron chi connectivity index (χ2n) is 4.41. The van der Waals surface area contributed by atoms with Gasteiger partial charge in [-0.05, 0) is 24.6 Å². The number of carbonyl (C=O) groups excluding carboxylic acids is 1. The molecule has 0 aromatic heterocycles. The third-order valence-corrected chi connectivity index (χ3v) is 3.29. The lowest BCUT2D eigenvalue weighted by molar-refractivity contribution is -0.0000200. The fourth-order valence-electron chi connectivity index (χ4n) is 1.99. The molecule has 0 saturated heterocycles. The second kappa shape index (κ2) is 11.8. The van der Waals surface area contributed by atoms with Crippen LogP contribution in [0.2, 0.25) is 0 Å². The highest BCUT2D eigenvalue weighted by atomic mass is 35.5. The average Bonchev–Trinajstić information content (AvgIpc) is 2.48. The molecule has 0 amide bonds. The summed E-state index contributed by atoms with van der Waals surface area (Å²) in [6, 6.07) is 5.53. The highest BCUT2D eigenvalue weighted by molar-refractivity contribution is 6.18. The molecule has 126 valence electrons. The van der Waals surface area contributed by atoms with E-state index in [2.05, 4.69) is 4.90 Å². The van der Waals surface area contributed by atoms with Crippen LogP contribution in [0.3, 0.4) is 0 Å². The van der Waals surface area contributed by atoms with Gasteiger partial charge in [0.25, 0.3) is 0 Å². The first kappa shape index (κ1) is 21.3. The normalized spacial score (nSPS) is 10.2. The van der Waals surface area contributed by atoms with Gasteiger partial charge in [0.2, 0.25) is 0 Å². The van der Waals surface area contributed by atoms with Crippen LogP contribution >= 0.6 is 23.2 Å². The van der Waals surface area contributed by atoms with E-state index < -0.39 is 5.97 Å². The van der Waals surface area contributed by atoms with E-state index in [9.17, 15) is 4.79 Å². The van der Waals surface area contributed by atoms with Gasteiger partial charge in [-0.3, -0.25) is 4.90 Å². The van der Waals surface area contributed by atoms with E-state index in [0.29, 0.717) is 36.2 Å². The van der Waals surface area contributed by atoms with E-state index >= 15 is 0 Å². The zero-order valence-electron chi connectivity index (χ0n) is 12.8. The summed E-state index contributed by atoms with van der Waals surface area (Å²) in [5.41, 5.74) is 1.43. The van der Waals surface area contributed by atoms with Gasteiger partial charge in [0, 0.05) is 31.4 Å². The first-order valence-electron chi connectivity index (χ1n) is 6.84. The molecule has 0 aliphatic heterocycles. The molecule has 0 heterocycles. The number of hydrogen-bond acceptors (Lipinski definition) is 4. The molecule has 0 bridgehead atoms. The summed E-state index contributed by atoms with van der Waals surface area (Å²) in [6.45, 7) is 4.53. The predicted molar refractivity (Wildman–Crippen MR) is 85.7 cm³/mol. The SMILES string of the molecule is CCOc1ccc(CN(CCCl)CCCl)cc1C(=O)OC.[Cl-]. The van der Waals surface area contributed by atoms with Crippen LogP contribution in [-0.4, -0.2) is 49.4 Å². The Morgan fingerprint density at radius 1 is 1.23 bits per heavy atom. The summed E-state index contributed by atoms with van der Waals surface area (Å²) in [6.07, 6.45) is 0. The maximum absolute atomic E-state index is 11.8. The molecule has 0 N–H and O–H groups in total. The number of benzene rings is 1. The second-order valence-corrected chi connectivity index (χ2v) is 5.17. The van der Waals surface area contributed by atoms with Crippen molar-refractivity contribution in [1.29, 1.82) is 0 Å². The Labute approximate surface area is 148 Å². The van der Waals surface area contributed by atoms with E-state index in [1.807, 2.05) is 13.0 Å². The maximum Gasteiger partial charge on any atom is 0.341 e. The number of rotatable bonds is 9. The quantitative estimate of drug-likeness (QED) is 0.459. The van der Waals surface area contributed by atoms with Crippen LogP contribution < -0.4 is 17.1 Å². The van der Waals surface area contributed by atoms with Crippen molar-refractivity contribution in [1.82, 2.24) is 4.90 Å². The number of methoxy groups -OCH3 is 1. The Morgan fingerprint density at radius 2 is 1.86 bits per heavy atom. The molecule has 0 atom stereocenters. The smallest absolute Gasteiger partial charge is 0.341 e. The van der Waals surface area contributed by atoms with Gasteiger partial charge in [-0.2, -0.15) is 0 Å². The van der Waals surface area contributed by atoms with E-state index in [1.54, 1.807) is 12.1 Å². The highest BCUT2D eigenvalue weighted by Crippen LogP contribution is 2.22. The molecule has 0 aliphatic rings. The predicted octanol–water partition coefficient (Wildman–Crippen LogP) is 0.156. The number of ether oxygens (including phenoxy) is 2. The van der Waals surface area contributed by atoms with Crippen molar-refractivity contribution >= 4 is 29.2 Å². The standard InChI is InChI=1S/C15H21Cl2NO3.ClH/c1-3-21-14-5-4-12(10-13(14)15(19)20-2)11-18(8-6-16)9-7-17;/h4-5,10H,3,6-9,11H2,1-2H3;1H/p-1. The Balaban J connectivity index is 0.00000441. The Hall–Kier alpha value is -0.680. The number of hydrogen-bond donors (Lipinski definition) is 0. The first-order valence-corrected chi connectivity index (χ1v) is 7.91. The Bertz CT molecular complexity index is 452. The zero-order valence-corrected chi connectivity index (χ0v) is 15.0. The molecular formula is C15H21Cl3NO3-. The van der Waals surface area contributed by atoms with Crippen LogP contribution in [0.15, 0.2) is 18.2 Å². The summed E-state index contributed by atoms with van der Waals surface area (Å²) >= 11 is 11.6. The summed E-state index contributed by atoms with van der Waals surface area (Å²) in [5, 5.41) is 0. The van der Waals surface area contributed by atoms with Gasteiger partial charge in [0.05, 0.1) is 13.7 Å². The molecule has 4 nitrogen and oxygen atoms in total. The van der Waals surface area contributed by atoms with Crippen LogP contribution in [0, 0.1) is 0 Å². The molecule has 1 aromatic rings. The van der Waals surface area contributed by atoms with Crippen LogP contribution in [0.1, 0.15) is 22.8 Å². The number of esters is 1. The topological polar surface area (TPSA) is 38.8 Å². The maximum atomic E-state index is 11.8. The molecule has 0 radical (unpaired) electrons. The lowest BCUT2D eigenvalue weighted by atomic mass is 10.1. The summed E-state index contributed by atoms with van der Waals surface area (Å²) in [4.78, 5) is 14.0. The molecule has 0 saturated carbocycles. The van der Waals surface area contributed by atoms with Crippen molar-refractivity contribution in [3.05, 3.63) is 29.3 Å². The molecule has 22 heavy (non-hydrogen) atoms. The number of nitrogens with zero attached hydrogens (tertiary/aromatic N) is 1. The van der Waals surface area contributed by atoms with Gasteiger partial charge in [-0.25, -0.2) is 4.79 Å². The lowest BCUT2D eigenvalue weighted by Gasteiger charge is -2.20. The number of halogens is 3. The summed E-state index contributed by atoms with van der Waals surface area (Å²) in [7, 11) is 1.36. The molecule has 0 spiro atoms. The number of carbonyl (C=O) groups is 1. The minimum Gasteiger partial charge on any atom is -1.00 e. The lowest BCUT2D eigenvalue weighted by Crippen LogP contribution is -3.00. The first-order chi connectivity index (χ1) is 10.2. The van der Waals surface area contributed by atoms with Crippen LogP contribution in [0.5, 0.6) is 5.75 Å². The fraction of sp³-hybridized carbons (Fsp3) is 0.533. The molecular weight excluding hydrogens is 349 g/mol. The minimum atomic E-state index is -0.401. The van der Waals surface area contributed by atoms with Gasteiger partial charge in [-0.1, -0.05) is 6.07 Å². The van der Waals surface area contributed by atoms with Crippen LogP contribution in [0.4, 0.5) is 0 Å². The Kier molecular flexibility index (Phi) is 11.5. The molecule has 0 aliphatic carbocycles. The van der Waals surface area contributed by atoms with Crippen molar-refractivity contribution in [3.63, 3.8) is 0 Å². The molecule has 7 heteroatoms. The van der Waals surface area contributed by atoms with E-state index in [0.717, 1.165) is 18.7 Å². The Morgan fingerprint density at radius 3 is 2.36 bits per heavy atom. The summed E-state index contributed by atoms with van der Waals surface area (Å²) in [5.74, 6) is 1.21. The average molecular weight is 370 g/mol. The molecule has 1 aromatic carbocycles. The van der Waals surface area contributed by atoms with Crippen molar-refractivity contribution < 1.29 is 26.7 Å². The van der Waals surface area contributed by atoms with Gasteiger partial charge >= 0.3 is 5.97 Å². The third kappa shape index (κ3) is 6.61. The van der Waals surface area contributed by atoms with Crippen molar-refractivity contribution in [3.8, 4) is 5.75 Å². The van der Waals surface area contributed by atoms with Gasteiger partial charge < -0.3 is 21.9 Å².